The van der Waals surface area contributed by atoms with Gasteiger partial charge in [-0.25, -0.2) is 4.79 Å². The van der Waals surface area contributed by atoms with Crippen LogP contribution < -0.4 is 0 Å². The zero-order valence-corrected chi connectivity index (χ0v) is 16.3. The van der Waals surface area contributed by atoms with Crippen LogP contribution in [0.3, 0.4) is 0 Å². The highest BCUT2D eigenvalue weighted by Crippen LogP contribution is 2.28. The van der Waals surface area contributed by atoms with Crippen LogP contribution in [0.2, 0.25) is 0 Å². The van der Waals surface area contributed by atoms with Crippen LogP contribution in [0.25, 0.3) is 10.9 Å². The van der Waals surface area contributed by atoms with Crippen LogP contribution in [-0.4, -0.2) is 16.7 Å². The van der Waals surface area contributed by atoms with Gasteiger partial charge in [0.1, 0.15) is 0 Å². The molecule has 4 heteroatoms. The van der Waals surface area contributed by atoms with E-state index in [0.29, 0.717) is 16.7 Å². The second-order valence-electron chi connectivity index (χ2n) is 7.06. The smallest absolute Gasteiger partial charge is 0.339 e. The number of aromatic nitrogens is 1. The molecule has 4 rings (SSSR count). The van der Waals surface area contributed by atoms with E-state index in [2.05, 4.69) is 4.98 Å². The van der Waals surface area contributed by atoms with E-state index < -0.39 is 12.1 Å². The Kier molecular flexibility index (Phi) is 5.00. The average Bonchev–Trinajstić information content (AvgIpc) is 3.18. The molecule has 0 aliphatic heterocycles. The highest BCUT2D eigenvalue weighted by Gasteiger charge is 2.29. The highest BCUT2D eigenvalue weighted by molar-refractivity contribution is 6.11. The lowest BCUT2D eigenvalue weighted by atomic mass is 9.99. The Morgan fingerprint density at radius 2 is 1.55 bits per heavy atom. The summed E-state index contributed by atoms with van der Waals surface area (Å²) >= 11 is 0. The van der Waals surface area contributed by atoms with Crippen LogP contribution in [0.15, 0.2) is 79.0 Å². The Hall–Kier alpha value is -3.66. The monoisotopic (exact) mass is 383 g/mol. The number of ketones is 1. The van der Waals surface area contributed by atoms with Gasteiger partial charge in [0.15, 0.2) is 6.10 Å². The predicted molar refractivity (Wildman–Crippen MR) is 113 cm³/mol. The molecule has 0 fully saturated rings. The number of hydrogen-bond donors (Lipinski definition) is 1. The van der Waals surface area contributed by atoms with Crippen LogP contribution in [0.4, 0.5) is 0 Å². The molecule has 1 heterocycles. The van der Waals surface area contributed by atoms with Crippen molar-refractivity contribution in [2.75, 3.05) is 0 Å². The lowest BCUT2D eigenvalue weighted by Gasteiger charge is -2.18. The van der Waals surface area contributed by atoms with E-state index in [1.54, 1.807) is 24.4 Å². The van der Waals surface area contributed by atoms with Gasteiger partial charge < -0.3 is 9.72 Å². The first-order valence-electron chi connectivity index (χ1n) is 9.48. The number of carbonyl (C=O) groups excluding carboxylic acids is 2. The lowest BCUT2D eigenvalue weighted by molar-refractivity contribution is 0.0280. The summed E-state index contributed by atoms with van der Waals surface area (Å²) in [7, 11) is 0. The third kappa shape index (κ3) is 3.57. The molecule has 4 aromatic rings. The molecule has 0 radical (unpaired) electrons. The van der Waals surface area contributed by atoms with E-state index in [4.69, 9.17) is 4.74 Å². The van der Waals surface area contributed by atoms with Gasteiger partial charge in [-0.15, -0.1) is 0 Å². The quantitative estimate of drug-likeness (QED) is 0.362. The summed E-state index contributed by atoms with van der Waals surface area (Å²) in [6.45, 7) is 3.82. The van der Waals surface area contributed by atoms with Gasteiger partial charge in [0.2, 0.25) is 5.78 Å². The summed E-state index contributed by atoms with van der Waals surface area (Å²) in [6, 6.07) is 22.2. The molecule has 0 bridgehead atoms. The van der Waals surface area contributed by atoms with Crippen molar-refractivity contribution in [2.45, 2.75) is 20.0 Å². The maximum Gasteiger partial charge on any atom is 0.339 e. The van der Waals surface area contributed by atoms with Crippen molar-refractivity contribution in [3.63, 3.8) is 0 Å². The molecule has 0 saturated heterocycles. The van der Waals surface area contributed by atoms with Crippen molar-refractivity contribution in [3.8, 4) is 0 Å². The fourth-order valence-corrected chi connectivity index (χ4v) is 3.46. The van der Waals surface area contributed by atoms with Gasteiger partial charge in [-0.05, 0) is 37.1 Å². The lowest BCUT2D eigenvalue weighted by Crippen LogP contribution is -2.21. The van der Waals surface area contributed by atoms with E-state index in [0.717, 1.165) is 22.0 Å². The molecule has 1 unspecified atom stereocenters. The van der Waals surface area contributed by atoms with Crippen LogP contribution in [-0.2, 0) is 4.74 Å². The summed E-state index contributed by atoms with van der Waals surface area (Å²) in [4.78, 5) is 29.5. The minimum Gasteiger partial charge on any atom is -0.445 e. The number of aryl methyl sites for hydroxylation is 1. The fraction of sp³-hybridized carbons (Fsp3) is 0.120. The van der Waals surface area contributed by atoms with E-state index in [1.807, 2.05) is 68.4 Å². The average molecular weight is 383 g/mol. The zero-order valence-electron chi connectivity index (χ0n) is 16.3. The standard InChI is InChI=1S/C25H21NO3/c1-16-9-8-13-19(17(16)2)25(28)29-24(18-10-4-3-5-11-18)23(27)21-15-26-22-14-7-6-12-20(21)22/h3-15,24,26H,1-2H3. The number of esters is 1. The number of benzene rings is 3. The Labute approximate surface area is 169 Å². The van der Waals surface area contributed by atoms with Crippen LogP contribution in [0.1, 0.15) is 43.5 Å². The van der Waals surface area contributed by atoms with Crippen molar-refractivity contribution in [1.29, 1.82) is 0 Å². The van der Waals surface area contributed by atoms with Crippen molar-refractivity contribution >= 4 is 22.7 Å². The van der Waals surface area contributed by atoms with E-state index >= 15 is 0 Å². The molecule has 3 aromatic carbocycles. The normalized spacial score (nSPS) is 11.9. The topological polar surface area (TPSA) is 59.2 Å². The minimum absolute atomic E-state index is 0.257. The Balaban J connectivity index is 1.73. The molecule has 0 saturated carbocycles. The van der Waals surface area contributed by atoms with Crippen molar-refractivity contribution in [2.24, 2.45) is 0 Å². The number of hydrogen-bond acceptors (Lipinski definition) is 3. The Morgan fingerprint density at radius 3 is 2.34 bits per heavy atom. The molecule has 4 nitrogen and oxygen atoms in total. The molecule has 29 heavy (non-hydrogen) atoms. The number of carbonyl (C=O) groups is 2. The third-order valence-electron chi connectivity index (χ3n) is 5.24. The number of aromatic amines is 1. The molecule has 0 amide bonds. The van der Waals surface area contributed by atoms with E-state index in [9.17, 15) is 9.59 Å². The molecule has 0 aliphatic rings. The summed E-state index contributed by atoms with van der Waals surface area (Å²) < 4.78 is 5.79. The Bertz CT molecular complexity index is 1190. The van der Waals surface area contributed by atoms with Gasteiger partial charge in [-0.3, -0.25) is 4.79 Å². The SMILES string of the molecule is Cc1cccc(C(=O)OC(C(=O)c2c[nH]c3ccccc23)c2ccccc2)c1C. The fourth-order valence-electron chi connectivity index (χ4n) is 3.46. The first kappa shape index (κ1) is 18.7. The van der Waals surface area contributed by atoms with Gasteiger partial charge in [0.05, 0.1) is 5.56 Å². The first-order chi connectivity index (χ1) is 14.1. The second-order valence-corrected chi connectivity index (χ2v) is 7.06. The third-order valence-corrected chi connectivity index (χ3v) is 5.24. The molecular formula is C25H21NO3. The number of fused-ring (bicyclic) bond motifs is 1. The molecule has 0 spiro atoms. The van der Waals surface area contributed by atoms with Gasteiger partial charge >= 0.3 is 5.97 Å². The number of rotatable bonds is 5. The van der Waals surface area contributed by atoms with Crippen molar-refractivity contribution < 1.29 is 14.3 Å². The summed E-state index contributed by atoms with van der Waals surface area (Å²) in [5, 5.41) is 0.807. The van der Waals surface area contributed by atoms with E-state index in [1.165, 1.54) is 0 Å². The molecule has 1 aromatic heterocycles. The summed E-state index contributed by atoms with van der Waals surface area (Å²) in [5.74, 6) is -0.763. The largest absolute Gasteiger partial charge is 0.445 e. The number of nitrogens with one attached hydrogen (secondary N) is 1. The highest BCUT2D eigenvalue weighted by atomic mass is 16.5. The molecule has 1 N–H and O–H groups in total. The van der Waals surface area contributed by atoms with Crippen LogP contribution in [0.5, 0.6) is 0 Å². The predicted octanol–water partition coefficient (Wildman–Crippen LogP) is 5.57. The van der Waals surface area contributed by atoms with Gasteiger partial charge in [-0.2, -0.15) is 0 Å². The first-order valence-corrected chi connectivity index (χ1v) is 9.48. The zero-order chi connectivity index (χ0) is 20.4. The van der Waals surface area contributed by atoms with Crippen molar-refractivity contribution in [3.05, 3.63) is 107 Å². The maximum absolute atomic E-state index is 13.4. The number of H-pyrrole nitrogens is 1. The maximum atomic E-state index is 13.4. The van der Waals surface area contributed by atoms with Gasteiger partial charge in [0.25, 0.3) is 0 Å². The van der Waals surface area contributed by atoms with Crippen LogP contribution >= 0.6 is 0 Å². The number of para-hydroxylation sites is 1. The van der Waals surface area contributed by atoms with Crippen molar-refractivity contribution in [1.82, 2.24) is 4.98 Å². The Morgan fingerprint density at radius 1 is 0.828 bits per heavy atom. The van der Waals surface area contributed by atoms with E-state index in [-0.39, 0.29) is 5.78 Å². The minimum atomic E-state index is -1.03. The molecule has 144 valence electrons. The van der Waals surface area contributed by atoms with Gasteiger partial charge in [0, 0.05) is 28.2 Å². The van der Waals surface area contributed by atoms with Gasteiger partial charge in [-0.1, -0.05) is 60.7 Å². The molecule has 0 aliphatic carbocycles. The molecule has 1 atom stereocenters. The van der Waals surface area contributed by atoms with Crippen LogP contribution in [0, 0.1) is 13.8 Å². The number of Topliss-reactive ketones (excluding diaryl/α,β-unsaturated/α-hetero) is 1. The summed E-state index contributed by atoms with van der Waals surface area (Å²) in [6.07, 6.45) is 0.650. The number of ether oxygens (including phenoxy) is 1. The molecular weight excluding hydrogens is 362 g/mol. The second kappa shape index (κ2) is 7.76. The summed E-state index contributed by atoms with van der Waals surface area (Å²) in [5.41, 5.74) is 4.33.